The summed E-state index contributed by atoms with van der Waals surface area (Å²) in [7, 11) is 1.66. The van der Waals surface area contributed by atoms with E-state index in [-0.39, 0.29) is 24.2 Å². The molecule has 0 saturated carbocycles. The van der Waals surface area contributed by atoms with Crippen LogP contribution in [0.5, 0.6) is 5.75 Å². The molecule has 0 unspecified atom stereocenters. The largest absolute Gasteiger partial charge is 0.497 e. The summed E-state index contributed by atoms with van der Waals surface area (Å²) in [6.07, 6.45) is 1.89. The first-order valence-corrected chi connectivity index (χ1v) is 12.9. The minimum Gasteiger partial charge on any atom is -0.497 e. The highest BCUT2D eigenvalue weighted by Gasteiger charge is 2.29. The van der Waals surface area contributed by atoms with Gasteiger partial charge in [-0.3, -0.25) is 4.79 Å². The van der Waals surface area contributed by atoms with E-state index in [0.717, 1.165) is 49.5 Å². The molecule has 1 N–H and O–H groups in total. The van der Waals surface area contributed by atoms with Gasteiger partial charge in [-0.1, -0.05) is 0 Å². The molecule has 2 aliphatic heterocycles. The van der Waals surface area contributed by atoms with Crippen molar-refractivity contribution in [3.63, 3.8) is 0 Å². The quantitative estimate of drug-likeness (QED) is 0.546. The Morgan fingerprint density at radius 1 is 0.973 bits per heavy atom. The highest BCUT2D eigenvalue weighted by molar-refractivity contribution is 5.99. The van der Waals surface area contributed by atoms with E-state index in [1.807, 2.05) is 41.3 Å². The average molecular weight is 505 g/mol. The smallest absolute Gasteiger partial charge is 0.257 e. The minimum atomic E-state index is -0.300. The number of hydrogen-bond donors (Lipinski definition) is 1. The number of aliphatic hydroxyl groups excluding tert-OH is 1. The van der Waals surface area contributed by atoms with Gasteiger partial charge in [0.25, 0.3) is 5.91 Å². The third kappa shape index (κ3) is 5.54. The first-order chi connectivity index (χ1) is 18.1. The van der Waals surface area contributed by atoms with Crippen LogP contribution in [0.4, 0.5) is 15.9 Å². The number of aromatic nitrogens is 1. The number of rotatable bonds is 6. The number of pyridine rings is 1. The van der Waals surface area contributed by atoms with Crippen LogP contribution in [-0.4, -0.2) is 73.9 Å². The summed E-state index contributed by atoms with van der Waals surface area (Å²) in [5.74, 6) is 1.28. The summed E-state index contributed by atoms with van der Waals surface area (Å²) < 4.78 is 18.7. The van der Waals surface area contributed by atoms with Crippen LogP contribution in [0.25, 0.3) is 11.3 Å². The summed E-state index contributed by atoms with van der Waals surface area (Å²) in [6.45, 7) is 4.26. The zero-order chi connectivity index (χ0) is 25.8. The number of carbonyl (C=O) groups is 1. The predicted molar refractivity (Wildman–Crippen MR) is 143 cm³/mol. The average Bonchev–Trinajstić information content (AvgIpc) is 2.97. The van der Waals surface area contributed by atoms with E-state index in [9.17, 15) is 14.3 Å². The fraction of sp³-hybridized carbons (Fsp3) is 0.379. The molecule has 0 spiro atoms. The number of hydrogen-bond acceptors (Lipinski definition) is 6. The summed E-state index contributed by atoms with van der Waals surface area (Å²) in [5, 5.41) is 9.78. The number of carbonyl (C=O) groups excluding carboxylic acids is 1. The van der Waals surface area contributed by atoms with Crippen molar-refractivity contribution < 1.29 is 19.0 Å². The van der Waals surface area contributed by atoms with Crippen LogP contribution in [0.3, 0.4) is 0 Å². The zero-order valence-electron chi connectivity index (χ0n) is 21.1. The van der Waals surface area contributed by atoms with Crippen LogP contribution >= 0.6 is 0 Å². The highest BCUT2D eigenvalue weighted by atomic mass is 19.1. The highest BCUT2D eigenvalue weighted by Crippen LogP contribution is 2.30. The van der Waals surface area contributed by atoms with E-state index in [4.69, 9.17) is 9.72 Å². The van der Waals surface area contributed by atoms with E-state index in [1.54, 1.807) is 19.2 Å². The maximum Gasteiger partial charge on any atom is 0.257 e. The van der Waals surface area contributed by atoms with Gasteiger partial charge in [-0.05, 0) is 79.4 Å². The number of piperidine rings is 1. The van der Waals surface area contributed by atoms with E-state index >= 15 is 0 Å². The van der Waals surface area contributed by atoms with Gasteiger partial charge in [0.1, 0.15) is 17.4 Å². The Morgan fingerprint density at radius 3 is 2.38 bits per heavy atom. The summed E-state index contributed by atoms with van der Waals surface area (Å²) >= 11 is 0. The fourth-order valence-corrected chi connectivity index (χ4v) is 5.18. The Labute approximate surface area is 217 Å². The molecule has 1 aromatic heterocycles. The minimum absolute atomic E-state index is 0.0336. The van der Waals surface area contributed by atoms with Gasteiger partial charge in [0, 0.05) is 57.1 Å². The number of halogens is 1. The molecule has 3 heterocycles. The monoisotopic (exact) mass is 504 g/mol. The number of benzene rings is 2. The lowest BCUT2D eigenvalue weighted by Crippen LogP contribution is -2.49. The molecule has 0 radical (unpaired) electrons. The van der Waals surface area contributed by atoms with Crippen molar-refractivity contribution in [2.75, 3.05) is 62.8 Å². The zero-order valence-corrected chi connectivity index (χ0v) is 21.1. The number of aliphatic hydroxyl groups is 1. The van der Waals surface area contributed by atoms with Crippen LogP contribution in [0.15, 0.2) is 60.7 Å². The predicted octanol–water partition coefficient (Wildman–Crippen LogP) is 4.07. The van der Waals surface area contributed by atoms with E-state index < -0.39 is 0 Å². The summed E-state index contributed by atoms with van der Waals surface area (Å²) in [5.41, 5.74) is 3.18. The molecular formula is C29H33FN4O3. The van der Waals surface area contributed by atoms with E-state index in [2.05, 4.69) is 9.80 Å². The van der Waals surface area contributed by atoms with E-state index in [1.165, 1.54) is 12.1 Å². The maximum absolute atomic E-state index is 13.8. The second-order valence-electron chi connectivity index (χ2n) is 9.69. The lowest BCUT2D eigenvalue weighted by atomic mass is 9.98. The third-order valence-corrected chi connectivity index (χ3v) is 7.33. The Bertz CT molecular complexity index is 1210. The Hall–Kier alpha value is -3.65. The van der Waals surface area contributed by atoms with E-state index in [0.29, 0.717) is 36.7 Å². The number of methoxy groups -OCH3 is 1. The molecular weight excluding hydrogens is 471 g/mol. The van der Waals surface area contributed by atoms with Gasteiger partial charge in [-0.2, -0.15) is 0 Å². The van der Waals surface area contributed by atoms with Crippen molar-refractivity contribution >= 4 is 17.4 Å². The van der Waals surface area contributed by atoms with Crippen LogP contribution in [-0.2, 0) is 0 Å². The summed E-state index contributed by atoms with van der Waals surface area (Å²) in [6, 6.07) is 17.9. The molecule has 3 aromatic rings. The first-order valence-electron chi connectivity index (χ1n) is 12.9. The third-order valence-electron chi connectivity index (χ3n) is 7.33. The topological polar surface area (TPSA) is 69.1 Å². The second kappa shape index (κ2) is 11.2. The molecule has 0 aliphatic carbocycles. The van der Waals surface area contributed by atoms with Crippen LogP contribution in [0, 0.1) is 11.7 Å². The Balaban J connectivity index is 1.38. The number of piperazine rings is 1. The number of nitrogens with zero attached hydrogens (tertiary/aromatic N) is 4. The number of ether oxygens (including phenoxy) is 1. The van der Waals surface area contributed by atoms with Crippen molar-refractivity contribution in [3.8, 4) is 17.0 Å². The molecule has 2 aromatic carbocycles. The first kappa shape index (κ1) is 25.0. The molecule has 5 rings (SSSR count). The van der Waals surface area contributed by atoms with Crippen LogP contribution < -0.4 is 14.5 Å². The van der Waals surface area contributed by atoms with Crippen molar-refractivity contribution in [2.24, 2.45) is 5.92 Å². The molecule has 8 heteroatoms. The van der Waals surface area contributed by atoms with Crippen molar-refractivity contribution in [1.82, 2.24) is 9.88 Å². The van der Waals surface area contributed by atoms with Crippen LogP contribution in [0.2, 0.25) is 0 Å². The van der Waals surface area contributed by atoms with Gasteiger partial charge in [-0.15, -0.1) is 0 Å². The molecule has 194 valence electrons. The second-order valence-corrected chi connectivity index (χ2v) is 9.69. The summed E-state index contributed by atoms with van der Waals surface area (Å²) in [4.78, 5) is 25.0. The van der Waals surface area contributed by atoms with Gasteiger partial charge in [0.15, 0.2) is 0 Å². The molecule has 0 bridgehead atoms. The van der Waals surface area contributed by atoms with Gasteiger partial charge in [-0.25, -0.2) is 9.37 Å². The Morgan fingerprint density at radius 2 is 1.70 bits per heavy atom. The lowest BCUT2D eigenvalue weighted by Gasteiger charge is -2.37. The fourth-order valence-electron chi connectivity index (χ4n) is 5.18. The normalized spacial score (nSPS) is 18.1. The van der Waals surface area contributed by atoms with Gasteiger partial charge < -0.3 is 24.5 Å². The van der Waals surface area contributed by atoms with Crippen molar-refractivity contribution in [2.45, 2.75) is 12.8 Å². The Kier molecular flexibility index (Phi) is 7.55. The molecule has 2 fully saturated rings. The van der Waals surface area contributed by atoms with Gasteiger partial charge in [0.05, 0.1) is 18.4 Å². The molecule has 2 saturated heterocycles. The maximum atomic E-state index is 13.8. The molecule has 2 aliphatic rings. The standard InChI is InChI=1S/C29H33FN4O3/c1-37-25-10-8-24(9-11-25)32-15-17-33(18-16-32)29(36)26-12-13-27(22-4-6-23(30)7-5-22)31-28(26)34-14-2-3-21(19-34)20-35/h4-13,21,35H,2-3,14-20H2,1H3/t21-/m0/s1. The lowest BCUT2D eigenvalue weighted by molar-refractivity contribution is 0.0747. The van der Waals surface area contributed by atoms with Gasteiger partial charge in [0.2, 0.25) is 0 Å². The molecule has 1 amide bonds. The van der Waals surface area contributed by atoms with Gasteiger partial charge >= 0.3 is 0 Å². The molecule has 1 atom stereocenters. The van der Waals surface area contributed by atoms with Crippen molar-refractivity contribution in [3.05, 3.63) is 72.0 Å². The number of anilines is 2. The van der Waals surface area contributed by atoms with Crippen LogP contribution in [0.1, 0.15) is 23.2 Å². The molecule has 7 nitrogen and oxygen atoms in total. The SMILES string of the molecule is COc1ccc(N2CCN(C(=O)c3ccc(-c4ccc(F)cc4)nc3N3CCC[C@H](CO)C3)CC2)cc1. The van der Waals surface area contributed by atoms with Crippen molar-refractivity contribution in [1.29, 1.82) is 0 Å². The molecule has 37 heavy (non-hydrogen) atoms. The number of amides is 1.